The van der Waals surface area contributed by atoms with E-state index in [0.717, 1.165) is 16.4 Å². The molecule has 0 amide bonds. The monoisotopic (exact) mass is 491 g/mol. The zero-order chi connectivity index (χ0) is 23.8. The molecule has 1 heterocycles. The lowest BCUT2D eigenvalue weighted by Crippen LogP contribution is -2.32. The summed E-state index contributed by atoms with van der Waals surface area (Å²) >= 11 is 0. The highest BCUT2D eigenvalue weighted by Crippen LogP contribution is 2.38. The van der Waals surface area contributed by atoms with Crippen molar-refractivity contribution < 1.29 is 35.6 Å². The van der Waals surface area contributed by atoms with Gasteiger partial charge in [0, 0.05) is 18.7 Å². The van der Waals surface area contributed by atoms with Crippen molar-refractivity contribution in [3.8, 4) is 23.0 Å². The summed E-state index contributed by atoms with van der Waals surface area (Å²) in [6, 6.07) is 13.8. The lowest BCUT2D eigenvalue weighted by Gasteiger charge is -2.24. The van der Waals surface area contributed by atoms with Gasteiger partial charge in [-0.1, -0.05) is 12.1 Å². The molecule has 174 valence electrons. The Kier molecular flexibility index (Phi) is 5.85. The first-order valence-corrected chi connectivity index (χ1v) is 12.7. The minimum absolute atomic E-state index is 0.0307. The number of rotatable bonds is 7. The van der Waals surface area contributed by atoms with Crippen LogP contribution in [-0.4, -0.2) is 35.3 Å². The first kappa shape index (κ1) is 22.7. The summed E-state index contributed by atoms with van der Waals surface area (Å²) in [5.41, 5.74) is 0.861. The van der Waals surface area contributed by atoms with Crippen LogP contribution in [0, 0.1) is 6.92 Å². The van der Waals surface area contributed by atoms with Crippen LogP contribution in [-0.2, 0) is 20.1 Å². The normalized spacial score (nSPS) is 13.0. The van der Waals surface area contributed by atoms with E-state index in [9.17, 15) is 21.9 Å². The number of anilines is 1. The molecule has 3 aromatic carbocycles. The van der Waals surface area contributed by atoms with Crippen molar-refractivity contribution >= 4 is 25.8 Å². The van der Waals surface area contributed by atoms with E-state index in [4.69, 9.17) is 13.7 Å². The van der Waals surface area contributed by atoms with Gasteiger partial charge in [-0.3, -0.25) is 4.31 Å². The first-order valence-electron chi connectivity index (χ1n) is 9.88. The van der Waals surface area contributed by atoms with Gasteiger partial charge in [-0.25, -0.2) is 8.42 Å². The van der Waals surface area contributed by atoms with Crippen molar-refractivity contribution in [3.05, 3.63) is 66.2 Å². The van der Waals surface area contributed by atoms with Crippen LogP contribution >= 0.6 is 0 Å². The summed E-state index contributed by atoms with van der Waals surface area (Å²) in [6.07, 6.45) is 0. The average Bonchev–Trinajstić information content (AvgIpc) is 3.21. The lowest BCUT2D eigenvalue weighted by molar-refractivity contribution is 0.174. The fourth-order valence-electron chi connectivity index (χ4n) is 3.47. The van der Waals surface area contributed by atoms with Crippen LogP contribution in [0.3, 0.4) is 0 Å². The molecule has 0 bridgehead atoms. The maximum Gasteiger partial charge on any atom is 0.340 e. The smallest absolute Gasteiger partial charge is 0.340 e. The van der Waals surface area contributed by atoms with Crippen LogP contribution in [0.2, 0.25) is 0 Å². The van der Waals surface area contributed by atoms with E-state index < -0.39 is 29.9 Å². The summed E-state index contributed by atoms with van der Waals surface area (Å²) in [6.45, 7) is 3.35. The fourth-order valence-corrected chi connectivity index (χ4v) is 6.63. The Balaban J connectivity index is 1.76. The number of phenolic OH excluding ortho intramolecular Hbond substituents is 1. The first-order chi connectivity index (χ1) is 15.6. The van der Waals surface area contributed by atoms with Gasteiger partial charge in [0.05, 0.1) is 5.69 Å². The number of ether oxygens (including phenoxy) is 2. The molecule has 0 aliphatic carbocycles. The van der Waals surface area contributed by atoms with Gasteiger partial charge in [0.1, 0.15) is 21.3 Å². The van der Waals surface area contributed by atoms with Crippen molar-refractivity contribution in [3.63, 3.8) is 0 Å². The maximum absolute atomic E-state index is 13.6. The third-order valence-electron chi connectivity index (χ3n) is 4.86. The Morgan fingerprint density at radius 1 is 0.939 bits per heavy atom. The van der Waals surface area contributed by atoms with E-state index in [1.54, 1.807) is 26.0 Å². The number of aryl methyl sites for hydroxylation is 1. The van der Waals surface area contributed by atoms with Crippen LogP contribution in [0.15, 0.2) is 70.5 Å². The molecular formula is C22H21NO8S2. The van der Waals surface area contributed by atoms with Crippen molar-refractivity contribution in [1.29, 1.82) is 0 Å². The number of hydrogen-bond acceptors (Lipinski definition) is 8. The molecule has 0 saturated carbocycles. The quantitative estimate of drug-likeness (QED) is 0.500. The third kappa shape index (κ3) is 4.41. The van der Waals surface area contributed by atoms with E-state index in [2.05, 4.69) is 0 Å². The number of fused-ring (bicyclic) bond motifs is 1. The van der Waals surface area contributed by atoms with Crippen LogP contribution in [0.1, 0.15) is 12.5 Å². The van der Waals surface area contributed by atoms with Gasteiger partial charge in [-0.05, 0) is 55.8 Å². The summed E-state index contributed by atoms with van der Waals surface area (Å²) < 4.78 is 70.1. The molecule has 0 aromatic heterocycles. The van der Waals surface area contributed by atoms with E-state index in [0.29, 0.717) is 22.7 Å². The predicted molar refractivity (Wildman–Crippen MR) is 120 cm³/mol. The van der Waals surface area contributed by atoms with Crippen molar-refractivity contribution in [1.82, 2.24) is 0 Å². The SMILES string of the molecule is CCN(c1ccc2c(c1)OCO2)S(=O)(=O)c1ccccc1S(=O)(=O)Oc1cc(C)cc(O)c1. The number of sulfonamides is 1. The van der Waals surface area contributed by atoms with Crippen LogP contribution in [0.4, 0.5) is 5.69 Å². The Labute approximate surface area is 191 Å². The van der Waals surface area contributed by atoms with E-state index in [1.165, 1.54) is 36.4 Å². The molecule has 1 N–H and O–H groups in total. The largest absolute Gasteiger partial charge is 0.508 e. The van der Waals surface area contributed by atoms with Gasteiger partial charge in [0.15, 0.2) is 11.5 Å². The highest BCUT2D eigenvalue weighted by molar-refractivity contribution is 7.94. The predicted octanol–water partition coefficient (Wildman–Crippen LogP) is 3.41. The second-order valence-corrected chi connectivity index (χ2v) is 10.5. The number of hydrogen-bond donors (Lipinski definition) is 1. The molecule has 1 aliphatic rings. The van der Waals surface area contributed by atoms with Crippen LogP contribution in [0.5, 0.6) is 23.0 Å². The third-order valence-corrected chi connectivity index (χ3v) is 8.26. The summed E-state index contributed by atoms with van der Waals surface area (Å²) in [4.78, 5) is -0.966. The molecule has 0 spiro atoms. The van der Waals surface area contributed by atoms with Crippen molar-refractivity contribution in [2.75, 3.05) is 17.6 Å². The standard InChI is InChI=1S/C22H21NO8S2/c1-3-23(16-8-9-19-20(12-16)30-14-29-19)32(25,26)21-6-4-5-7-22(21)33(27,28)31-18-11-15(2)10-17(24)13-18/h4-13,24H,3,14H2,1-2H3. The molecule has 0 saturated heterocycles. The zero-order valence-electron chi connectivity index (χ0n) is 17.8. The summed E-state index contributed by atoms with van der Waals surface area (Å²) in [5.74, 6) is 0.568. The van der Waals surface area contributed by atoms with E-state index >= 15 is 0 Å². The molecule has 4 rings (SSSR count). The fraction of sp³-hybridized carbons (Fsp3) is 0.182. The number of phenols is 1. The molecule has 33 heavy (non-hydrogen) atoms. The summed E-state index contributed by atoms with van der Waals surface area (Å²) in [5, 5.41) is 9.75. The molecular weight excluding hydrogens is 470 g/mol. The van der Waals surface area contributed by atoms with Crippen molar-refractivity contribution in [2.45, 2.75) is 23.6 Å². The zero-order valence-corrected chi connectivity index (χ0v) is 19.4. The van der Waals surface area contributed by atoms with Gasteiger partial charge in [-0.2, -0.15) is 8.42 Å². The maximum atomic E-state index is 13.6. The minimum Gasteiger partial charge on any atom is -0.508 e. The molecule has 1 aliphatic heterocycles. The second-order valence-electron chi connectivity index (χ2n) is 7.20. The molecule has 0 radical (unpaired) electrons. The molecule has 0 unspecified atom stereocenters. The summed E-state index contributed by atoms with van der Waals surface area (Å²) in [7, 11) is -8.87. The van der Waals surface area contributed by atoms with Crippen LogP contribution in [0.25, 0.3) is 0 Å². The minimum atomic E-state index is -4.56. The van der Waals surface area contributed by atoms with Gasteiger partial charge in [-0.15, -0.1) is 0 Å². The Bertz CT molecular complexity index is 1400. The Morgan fingerprint density at radius 3 is 2.33 bits per heavy atom. The number of benzene rings is 3. The van der Waals surface area contributed by atoms with Gasteiger partial charge >= 0.3 is 10.1 Å². The number of aromatic hydroxyl groups is 1. The molecule has 3 aromatic rings. The van der Waals surface area contributed by atoms with E-state index in [-0.39, 0.29) is 24.8 Å². The molecule has 0 atom stereocenters. The van der Waals surface area contributed by atoms with Crippen molar-refractivity contribution in [2.24, 2.45) is 0 Å². The van der Waals surface area contributed by atoms with Gasteiger partial charge < -0.3 is 18.8 Å². The number of nitrogens with zero attached hydrogens (tertiary/aromatic N) is 1. The highest BCUT2D eigenvalue weighted by atomic mass is 32.2. The van der Waals surface area contributed by atoms with E-state index in [1.807, 2.05) is 0 Å². The topological polar surface area (TPSA) is 119 Å². The Morgan fingerprint density at radius 2 is 1.64 bits per heavy atom. The molecule has 11 heteroatoms. The highest BCUT2D eigenvalue weighted by Gasteiger charge is 2.33. The molecule has 9 nitrogen and oxygen atoms in total. The van der Waals surface area contributed by atoms with Gasteiger partial charge in [0.2, 0.25) is 6.79 Å². The second kappa shape index (κ2) is 8.49. The average molecular weight is 492 g/mol. The lowest BCUT2D eigenvalue weighted by atomic mass is 10.2. The Hall–Kier alpha value is -3.44. The van der Waals surface area contributed by atoms with Gasteiger partial charge in [0.25, 0.3) is 10.0 Å². The molecule has 0 fully saturated rings. The van der Waals surface area contributed by atoms with Crippen LogP contribution < -0.4 is 18.0 Å².